The highest BCUT2D eigenvalue weighted by molar-refractivity contribution is 8.00. The van der Waals surface area contributed by atoms with Crippen LogP contribution in [0, 0.1) is 0 Å². The molecule has 0 saturated carbocycles. The Bertz CT molecular complexity index is 1310. The number of hydrogen-bond donors (Lipinski definition) is 1. The van der Waals surface area contributed by atoms with Gasteiger partial charge in [-0.05, 0) is 65.5 Å². The van der Waals surface area contributed by atoms with E-state index in [1.54, 1.807) is 12.3 Å². The molecule has 2 heterocycles. The van der Waals surface area contributed by atoms with Crippen molar-refractivity contribution in [2.24, 2.45) is 0 Å². The van der Waals surface area contributed by atoms with Crippen LogP contribution in [0.5, 0.6) is 0 Å². The fourth-order valence-corrected chi connectivity index (χ4v) is 4.44. The maximum atomic E-state index is 13.0. The lowest BCUT2D eigenvalue weighted by molar-refractivity contribution is -0.137. The van der Waals surface area contributed by atoms with Crippen LogP contribution in [0.2, 0.25) is 0 Å². The van der Waals surface area contributed by atoms with Crippen molar-refractivity contribution in [1.82, 2.24) is 9.97 Å². The van der Waals surface area contributed by atoms with Crippen molar-refractivity contribution in [3.8, 4) is 11.1 Å². The number of nitrogens with one attached hydrogen (secondary N) is 1. The molecule has 0 bridgehead atoms. The summed E-state index contributed by atoms with van der Waals surface area (Å²) in [4.78, 5) is 12.0. The molecule has 0 unspecified atom stereocenters. The molecule has 4 aromatic rings. The van der Waals surface area contributed by atoms with Crippen LogP contribution in [-0.4, -0.2) is 36.3 Å². The van der Waals surface area contributed by atoms with Crippen molar-refractivity contribution in [1.29, 1.82) is 0 Å². The lowest BCUT2D eigenvalue weighted by atomic mass is 10.0. The molecular formula is C25H21F3N4OS. The molecular weight excluding hydrogens is 461 g/mol. The van der Waals surface area contributed by atoms with Gasteiger partial charge in [0.1, 0.15) is 5.82 Å². The van der Waals surface area contributed by atoms with Crippen molar-refractivity contribution in [3.05, 3.63) is 78.5 Å². The summed E-state index contributed by atoms with van der Waals surface area (Å²) >= 11 is 1.14. The van der Waals surface area contributed by atoms with Gasteiger partial charge in [0, 0.05) is 23.7 Å². The first-order valence-electron chi connectivity index (χ1n) is 10.8. The zero-order valence-corrected chi connectivity index (χ0v) is 18.9. The number of hydrogen-bond acceptors (Lipinski definition) is 6. The zero-order chi connectivity index (χ0) is 23.5. The Morgan fingerprint density at radius 2 is 1.68 bits per heavy atom. The van der Waals surface area contributed by atoms with Crippen LogP contribution in [0.25, 0.3) is 22.2 Å². The number of fused-ring (bicyclic) bond motifs is 1. The summed E-state index contributed by atoms with van der Waals surface area (Å²) in [6.07, 6.45) is -2.57. The van der Waals surface area contributed by atoms with Crippen molar-refractivity contribution < 1.29 is 17.9 Å². The number of rotatable bonds is 5. The quantitative estimate of drug-likeness (QED) is 0.338. The predicted octanol–water partition coefficient (Wildman–Crippen LogP) is 6.27. The topological polar surface area (TPSA) is 50.3 Å². The third-order valence-electron chi connectivity index (χ3n) is 5.51. The highest BCUT2D eigenvalue weighted by Gasteiger charge is 2.30. The minimum Gasteiger partial charge on any atom is -0.378 e. The number of benzene rings is 3. The normalized spacial score (nSPS) is 14.4. The summed E-state index contributed by atoms with van der Waals surface area (Å²) in [6.45, 7) is 2.93. The second-order valence-electron chi connectivity index (χ2n) is 7.84. The largest absolute Gasteiger partial charge is 0.416 e. The van der Waals surface area contributed by atoms with E-state index in [0.717, 1.165) is 70.8 Å². The Labute approximate surface area is 199 Å². The molecule has 0 radical (unpaired) electrons. The van der Waals surface area contributed by atoms with Gasteiger partial charge >= 0.3 is 6.18 Å². The molecule has 9 heteroatoms. The molecule has 0 amide bonds. The van der Waals surface area contributed by atoms with Gasteiger partial charge in [0.2, 0.25) is 0 Å². The van der Waals surface area contributed by atoms with Crippen LogP contribution in [0.1, 0.15) is 5.56 Å². The van der Waals surface area contributed by atoms with Gasteiger partial charge in [-0.2, -0.15) is 13.2 Å². The van der Waals surface area contributed by atoms with Gasteiger partial charge in [-0.25, -0.2) is 4.98 Å². The number of aromatic nitrogens is 2. The fraction of sp³-hybridized carbons (Fsp3) is 0.200. The first-order chi connectivity index (χ1) is 16.5. The van der Waals surface area contributed by atoms with Gasteiger partial charge in [-0.3, -0.25) is 4.98 Å². The van der Waals surface area contributed by atoms with Crippen molar-refractivity contribution >= 4 is 34.5 Å². The molecule has 0 aliphatic carbocycles. The predicted molar refractivity (Wildman–Crippen MR) is 129 cm³/mol. The van der Waals surface area contributed by atoms with E-state index in [9.17, 15) is 13.2 Å². The number of ether oxygens (including phenoxy) is 1. The molecule has 1 fully saturated rings. The van der Waals surface area contributed by atoms with E-state index >= 15 is 0 Å². The van der Waals surface area contributed by atoms with Crippen LogP contribution in [0.4, 0.5) is 24.7 Å². The van der Waals surface area contributed by atoms with Crippen molar-refractivity contribution in [2.75, 3.05) is 35.9 Å². The maximum Gasteiger partial charge on any atom is 0.416 e. The van der Waals surface area contributed by atoms with E-state index in [1.165, 1.54) is 6.07 Å². The minimum absolute atomic E-state index is 0.483. The first kappa shape index (κ1) is 22.5. The van der Waals surface area contributed by atoms with Crippen LogP contribution < -0.4 is 9.62 Å². The number of alkyl halides is 3. The second kappa shape index (κ2) is 9.52. The van der Waals surface area contributed by atoms with Gasteiger partial charge in [-0.1, -0.05) is 24.3 Å². The Morgan fingerprint density at radius 3 is 2.50 bits per heavy atom. The summed E-state index contributed by atoms with van der Waals surface area (Å²) in [5.74, 6) is 0.834. The fourth-order valence-electron chi connectivity index (χ4n) is 3.74. The first-order valence-corrected chi connectivity index (χ1v) is 11.6. The van der Waals surface area contributed by atoms with Gasteiger partial charge < -0.3 is 14.4 Å². The van der Waals surface area contributed by atoms with Gasteiger partial charge in [0.15, 0.2) is 0 Å². The molecule has 3 aromatic carbocycles. The Balaban J connectivity index is 1.35. The number of morpholine rings is 1. The molecule has 1 aliphatic heterocycles. The summed E-state index contributed by atoms with van der Waals surface area (Å²) in [6, 6.07) is 18.9. The summed E-state index contributed by atoms with van der Waals surface area (Å²) in [7, 11) is 0. The van der Waals surface area contributed by atoms with E-state index in [0.29, 0.717) is 18.1 Å². The maximum absolute atomic E-state index is 13.0. The molecule has 174 valence electrons. The van der Waals surface area contributed by atoms with E-state index < -0.39 is 11.7 Å². The molecule has 5 rings (SSSR count). The highest BCUT2D eigenvalue weighted by atomic mass is 32.2. The average Bonchev–Trinajstić information content (AvgIpc) is 2.87. The molecule has 0 spiro atoms. The van der Waals surface area contributed by atoms with Crippen LogP contribution >= 0.6 is 11.9 Å². The molecule has 1 aromatic heterocycles. The Morgan fingerprint density at radius 1 is 0.882 bits per heavy atom. The Kier molecular flexibility index (Phi) is 6.30. The van der Waals surface area contributed by atoms with Gasteiger partial charge in [-0.15, -0.1) is 0 Å². The molecule has 5 nitrogen and oxygen atoms in total. The van der Waals surface area contributed by atoms with E-state index in [-0.39, 0.29) is 0 Å². The Hall–Kier alpha value is -3.30. The van der Waals surface area contributed by atoms with Crippen LogP contribution in [0.15, 0.2) is 77.8 Å². The number of nitrogens with zero attached hydrogens (tertiary/aromatic N) is 3. The van der Waals surface area contributed by atoms with Crippen LogP contribution in [-0.2, 0) is 10.9 Å². The summed E-state index contributed by atoms with van der Waals surface area (Å²) in [5.41, 5.74) is 3.69. The van der Waals surface area contributed by atoms with Crippen LogP contribution in [0.3, 0.4) is 0 Å². The van der Waals surface area contributed by atoms with Crippen molar-refractivity contribution in [2.45, 2.75) is 11.1 Å². The summed E-state index contributed by atoms with van der Waals surface area (Å²) < 4.78 is 47.5. The minimum atomic E-state index is -4.36. The lowest BCUT2D eigenvalue weighted by Crippen LogP contribution is -2.36. The third-order valence-corrected chi connectivity index (χ3v) is 6.34. The molecule has 0 atom stereocenters. The van der Waals surface area contributed by atoms with E-state index in [1.807, 2.05) is 42.5 Å². The highest BCUT2D eigenvalue weighted by Crippen LogP contribution is 2.33. The third kappa shape index (κ3) is 5.10. The van der Waals surface area contributed by atoms with E-state index in [2.05, 4.69) is 14.6 Å². The number of anilines is 2. The monoisotopic (exact) mass is 482 g/mol. The number of halogens is 3. The van der Waals surface area contributed by atoms with Gasteiger partial charge in [0.25, 0.3) is 0 Å². The summed E-state index contributed by atoms with van der Waals surface area (Å²) in [5, 5.41) is 0. The van der Waals surface area contributed by atoms with Crippen molar-refractivity contribution in [3.63, 3.8) is 0 Å². The zero-order valence-electron chi connectivity index (χ0n) is 18.0. The smallest absolute Gasteiger partial charge is 0.378 e. The lowest BCUT2D eigenvalue weighted by Gasteiger charge is -2.27. The van der Waals surface area contributed by atoms with E-state index in [4.69, 9.17) is 9.72 Å². The standard InChI is InChI=1S/C25H21F3N4OS/c26-25(27,28)19-4-2-6-21(15-19)34-31-20-5-1-3-17(13-20)18-7-8-22-23(14-18)30-24(16-29-22)32-9-11-33-12-10-32/h1-8,13-16,31H,9-12H2. The SMILES string of the molecule is FC(F)(F)c1cccc(SNc2cccc(-c3ccc4ncc(N5CCOCC5)nc4c3)c2)c1. The van der Waals surface area contributed by atoms with Gasteiger partial charge in [0.05, 0.1) is 36.0 Å². The molecule has 1 aliphatic rings. The second-order valence-corrected chi connectivity index (χ2v) is 8.72. The molecule has 1 saturated heterocycles. The average molecular weight is 483 g/mol. The molecule has 34 heavy (non-hydrogen) atoms. The molecule has 1 N–H and O–H groups in total.